The molecule has 1 aromatic carbocycles. The van der Waals surface area contributed by atoms with Gasteiger partial charge in [0.05, 0.1) is 31.5 Å². The van der Waals surface area contributed by atoms with Gasteiger partial charge < -0.3 is 9.47 Å². The van der Waals surface area contributed by atoms with Gasteiger partial charge in [0, 0.05) is 5.69 Å². The average molecular weight is 302 g/mol. The molecule has 2 aromatic rings. The molecule has 0 amide bonds. The summed E-state index contributed by atoms with van der Waals surface area (Å²) in [4.78, 5) is 11.7. The minimum absolute atomic E-state index is 0.168. The molecule has 0 saturated heterocycles. The molecule has 5 heteroatoms. The number of nitrogens with zero attached hydrogens (tertiary/aromatic N) is 2. The van der Waals surface area contributed by atoms with Gasteiger partial charge in [0.1, 0.15) is 5.75 Å². The lowest BCUT2D eigenvalue weighted by molar-refractivity contribution is -0.147. The van der Waals surface area contributed by atoms with E-state index in [0.717, 1.165) is 22.7 Å². The van der Waals surface area contributed by atoms with E-state index in [4.69, 9.17) is 9.47 Å². The molecular formula is C17H22N2O3. The molecule has 0 bridgehead atoms. The Hall–Kier alpha value is -2.30. The molecule has 1 atom stereocenters. The molecular weight excluding hydrogens is 280 g/mol. The Morgan fingerprint density at radius 1 is 1.32 bits per heavy atom. The van der Waals surface area contributed by atoms with Gasteiger partial charge in [0.15, 0.2) is 0 Å². The van der Waals surface area contributed by atoms with Crippen molar-refractivity contribution in [2.75, 3.05) is 13.7 Å². The highest BCUT2D eigenvalue weighted by molar-refractivity contribution is 5.72. The predicted octanol–water partition coefficient (Wildman–Crippen LogP) is 2.93. The molecule has 1 aromatic heterocycles. The van der Waals surface area contributed by atoms with Crippen LogP contribution in [0.5, 0.6) is 5.75 Å². The van der Waals surface area contributed by atoms with Crippen molar-refractivity contribution in [2.24, 2.45) is 5.92 Å². The first kappa shape index (κ1) is 16.1. The van der Waals surface area contributed by atoms with Crippen LogP contribution in [0.3, 0.4) is 0 Å². The number of benzene rings is 1. The normalized spacial score (nSPS) is 12.0. The van der Waals surface area contributed by atoms with Crippen LogP contribution < -0.4 is 4.74 Å². The number of hydrogen-bond donors (Lipinski definition) is 0. The van der Waals surface area contributed by atoms with Gasteiger partial charge in [-0.05, 0) is 50.1 Å². The van der Waals surface area contributed by atoms with E-state index in [9.17, 15) is 4.79 Å². The van der Waals surface area contributed by atoms with Crippen LogP contribution in [0.2, 0.25) is 0 Å². The minimum Gasteiger partial charge on any atom is -0.497 e. The number of carbonyl (C=O) groups is 1. The van der Waals surface area contributed by atoms with Gasteiger partial charge in [-0.2, -0.15) is 5.10 Å². The van der Waals surface area contributed by atoms with E-state index in [1.54, 1.807) is 7.11 Å². The number of carbonyl (C=O) groups excluding carboxylic acids is 1. The first-order valence-corrected chi connectivity index (χ1v) is 7.41. The van der Waals surface area contributed by atoms with Crippen LogP contribution in [0.15, 0.2) is 30.5 Å². The first-order valence-electron chi connectivity index (χ1n) is 7.41. The molecule has 0 saturated carbocycles. The topological polar surface area (TPSA) is 53.3 Å². The minimum atomic E-state index is -0.174. The van der Waals surface area contributed by atoms with Crippen LogP contribution in [0.4, 0.5) is 0 Å². The third-order valence-electron chi connectivity index (χ3n) is 3.64. The van der Waals surface area contributed by atoms with Crippen LogP contribution in [-0.2, 0) is 16.0 Å². The molecule has 0 N–H and O–H groups in total. The van der Waals surface area contributed by atoms with Crippen LogP contribution in [0, 0.1) is 12.8 Å². The molecule has 0 aliphatic carbocycles. The highest BCUT2D eigenvalue weighted by atomic mass is 16.5. The Labute approximate surface area is 130 Å². The monoisotopic (exact) mass is 302 g/mol. The smallest absolute Gasteiger partial charge is 0.308 e. The third-order valence-corrected chi connectivity index (χ3v) is 3.64. The zero-order valence-electron chi connectivity index (χ0n) is 13.5. The van der Waals surface area contributed by atoms with E-state index >= 15 is 0 Å². The summed E-state index contributed by atoms with van der Waals surface area (Å²) in [6.07, 6.45) is 2.44. The second kappa shape index (κ2) is 7.11. The Morgan fingerprint density at radius 3 is 2.59 bits per heavy atom. The number of aromatic nitrogens is 2. The highest BCUT2D eigenvalue weighted by Gasteiger charge is 2.18. The van der Waals surface area contributed by atoms with E-state index in [2.05, 4.69) is 5.10 Å². The second-order valence-electron chi connectivity index (χ2n) is 5.22. The lowest BCUT2D eigenvalue weighted by Gasteiger charge is -2.10. The van der Waals surface area contributed by atoms with Crippen molar-refractivity contribution in [3.05, 3.63) is 41.7 Å². The van der Waals surface area contributed by atoms with Crippen LogP contribution in [0.1, 0.15) is 25.1 Å². The summed E-state index contributed by atoms with van der Waals surface area (Å²) < 4.78 is 12.1. The summed E-state index contributed by atoms with van der Waals surface area (Å²) in [6.45, 7) is 6.11. The van der Waals surface area contributed by atoms with Crippen LogP contribution in [-0.4, -0.2) is 29.5 Å². The maximum atomic E-state index is 11.7. The molecule has 118 valence electrons. The summed E-state index contributed by atoms with van der Waals surface area (Å²) in [5, 5.41) is 4.42. The third kappa shape index (κ3) is 3.47. The number of methoxy groups -OCH3 is 1. The highest BCUT2D eigenvalue weighted by Crippen LogP contribution is 2.20. The maximum Gasteiger partial charge on any atom is 0.308 e. The Balaban J connectivity index is 2.16. The Bertz CT molecular complexity index is 632. The molecule has 22 heavy (non-hydrogen) atoms. The largest absolute Gasteiger partial charge is 0.497 e. The number of rotatable bonds is 6. The molecule has 5 nitrogen and oxygen atoms in total. The molecule has 0 spiro atoms. The van der Waals surface area contributed by atoms with Gasteiger partial charge in [-0.3, -0.25) is 4.79 Å². The molecule has 0 aliphatic rings. The summed E-state index contributed by atoms with van der Waals surface area (Å²) >= 11 is 0. The fraction of sp³-hybridized carbons (Fsp3) is 0.412. The van der Waals surface area contributed by atoms with Crippen LogP contribution in [0.25, 0.3) is 5.69 Å². The molecule has 0 fully saturated rings. The van der Waals surface area contributed by atoms with Gasteiger partial charge in [0.2, 0.25) is 0 Å². The lowest BCUT2D eigenvalue weighted by atomic mass is 10.0. The van der Waals surface area contributed by atoms with Crippen LogP contribution >= 0.6 is 0 Å². The first-order chi connectivity index (χ1) is 10.6. The number of ether oxygens (including phenoxy) is 2. The van der Waals surface area contributed by atoms with Crippen molar-refractivity contribution in [3.63, 3.8) is 0 Å². The van der Waals surface area contributed by atoms with E-state index in [-0.39, 0.29) is 11.9 Å². The summed E-state index contributed by atoms with van der Waals surface area (Å²) in [5.74, 6) is 0.469. The standard InChI is InChI=1S/C17H22N2O3/c1-5-22-17(20)12(2)10-14-11-18-19(13(14)3)15-6-8-16(21-4)9-7-15/h6-9,11-12H,5,10H2,1-4H3/t12-/m0/s1. The second-order valence-corrected chi connectivity index (χ2v) is 5.22. The number of esters is 1. The molecule has 0 unspecified atom stereocenters. The SMILES string of the molecule is CCOC(=O)[C@@H](C)Cc1cnn(-c2ccc(OC)cc2)c1C. The molecule has 1 heterocycles. The van der Waals surface area contributed by atoms with Crippen molar-refractivity contribution in [1.29, 1.82) is 0 Å². The van der Waals surface area contributed by atoms with Gasteiger partial charge >= 0.3 is 5.97 Å². The van der Waals surface area contributed by atoms with Crippen molar-refractivity contribution < 1.29 is 14.3 Å². The Kier molecular flexibility index (Phi) is 5.20. The number of hydrogen-bond acceptors (Lipinski definition) is 4. The van der Waals surface area contributed by atoms with Gasteiger partial charge in [-0.15, -0.1) is 0 Å². The summed E-state index contributed by atoms with van der Waals surface area (Å²) in [6, 6.07) is 7.71. The average Bonchev–Trinajstić information content (AvgIpc) is 2.88. The Morgan fingerprint density at radius 2 is 2.00 bits per heavy atom. The summed E-state index contributed by atoms with van der Waals surface area (Å²) in [7, 11) is 1.64. The van der Waals surface area contributed by atoms with E-state index < -0.39 is 0 Å². The quantitative estimate of drug-likeness (QED) is 0.770. The molecule has 2 rings (SSSR count). The lowest BCUT2D eigenvalue weighted by Crippen LogP contribution is -2.17. The van der Waals surface area contributed by atoms with Crippen molar-refractivity contribution in [3.8, 4) is 11.4 Å². The maximum absolute atomic E-state index is 11.7. The van der Waals surface area contributed by atoms with Gasteiger partial charge in [0.25, 0.3) is 0 Å². The fourth-order valence-corrected chi connectivity index (χ4v) is 2.33. The van der Waals surface area contributed by atoms with Crippen molar-refractivity contribution in [2.45, 2.75) is 27.2 Å². The van der Waals surface area contributed by atoms with Crippen molar-refractivity contribution >= 4 is 5.97 Å². The van der Waals surface area contributed by atoms with E-state index in [1.807, 2.05) is 55.9 Å². The van der Waals surface area contributed by atoms with Gasteiger partial charge in [-0.25, -0.2) is 4.68 Å². The van der Waals surface area contributed by atoms with Gasteiger partial charge in [-0.1, -0.05) is 6.92 Å². The molecule has 0 aliphatic heterocycles. The van der Waals surface area contributed by atoms with E-state index in [0.29, 0.717) is 13.0 Å². The zero-order valence-corrected chi connectivity index (χ0v) is 13.5. The van der Waals surface area contributed by atoms with Crippen molar-refractivity contribution in [1.82, 2.24) is 9.78 Å². The molecule has 0 radical (unpaired) electrons. The summed E-state index contributed by atoms with van der Waals surface area (Å²) in [5.41, 5.74) is 3.05. The van der Waals surface area contributed by atoms with E-state index in [1.165, 1.54) is 0 Å². The fourth-order valence-electron chi connectivity index (χ4n) is 2.33. The zero-order chi connectivity index (χ0) is 16.1. The predicted molar refractivity (Wildman–Crippen MR) is 84.4 cm³/mol.